The largest absolute Gasteiger partial charge is 0.480 e. The van der Waals surface area contributed by atoms with Crippen LogP contribution in [-0.4, -0.2) is 34.5 Å². The molecule has 0 bridgehead atoms. The van der Waals surface area contributed by atoms with E-state index in [2.05, 4.69) is 5.10 Å². The van der Waals surface area contributed by atoms with Gasteiger partial charge in [-0.3, -0.25) is 9.48 Å². The molecule has 1 atom stereocenters. The topological polar surface area (TPSA) is 89.3 Å². The molecule has 1 aromatic heterocycles. The van der Waals surface area contributed by atoms with Crippen LogP contribution in [0.15, 0.2) is 0 Å². The number of sulfone groups is 1. The van der Waals surface area contributed by atoms with Crippen LogP contribution in [0.3, 0.4) is 0 Å². The first-order valence-electron chi connectivity index (χ1n) is 5.93. The summed E-state index contributed by atoms with van der Waals surface area (Å²) in [6.07, 6.45) is 0.591. The standard InChI is InChI=1S/C11H17ClN2O4S/c1-4-8-10(12)9(14(5-2)13-8)6-19(17,18)7(3)11(15)16/h7H,4-6H2,1-3H3,(H,15,16). The second kappa shape index (κ2) is 5.92. The highest BCUT2D eigenvalue weighted by Gasteiger charge is 2.30. The summed E-state index contributed by atoms with van der Waals surface area (Å²) in [5.41, 5.74) is 0.978. The normalized spacial score (nSPS) is 13.5. The maximum Gasteiger partial charge on any atom is 0.321 e. The minimum atomic E-state index is -3.81. The van der Waals surface area contributed by atoms with Crippen LogP contribution in [0.5, 0.6) is 0 Å². The van der Waals surface area contributed by atoms with Gasteiger partial charge in [-0.15, -0.1) is 0 Å². The van der Waals surface area contributed by atoms with E-state index in [-0.39, 0.29) is 0 Å². The summed E-state index contributed by atoms with van der Waals surface area (Å²) in [6.45, 7) is 5.32. The van der Waals surface area contributed by atoms with Gasteiger partial charge in [0.25, 0.3) is 0 Å². The van der Waals surface area contributed by atoms with E-state index in [1.54, 1.807) is 0 Å². The van der Waals surface area contributed by atoms with Gasteiger partial charge in [-0.25, -0.2) is 8.42 Å². The van der Waals surface area contributed by atoms with Crippen molar-refractivity contribution in [1.82, 2.24) is 9.78 Å². The Labute approximate surface area is 117 Å². The molecule has 0 aliphatic rings. The number of aryl methyl sites for hydroxylation is 2. The molecular weight excluding hydrogens is 292 g/mol. The summed E-state index contributed by atoms with van der Waals surface area (Å²) in [5, 5.41) is 11.9. The van der Waals surface area contributed by atoms with Crippen LogP contribution < -0.4 is 0 Å². The van der Waals surface area contributed by atoms with Crippen molar-refractivity contribution in [3.63, 3.8) is 0 Å². The molecule has 0 fully saturated rings. The molecular formula is C11H17ClN2O4S. The lowest BCUT2D eigenvalue weighted by molar-refractivity contribution is -0.136. The molecule has 0 saturated carbocycles. The highest BCUT2D eigenvalue weighted by Crippen LogP contribution is 2.24. The van der Waals surface area contributed by atoms with E-state index in [0.29, 0.717) is 29.4 Å². The van der Waals surface area contributed by atoms with E-state index < -0.39 is 26.8 Å². The zero-order chi connectivity index (χ0) is 14.8. The third-order valence-electron chi connectivity index (χ3n) is 2.92. The molecule has 1 N–H and O–H groups in total. The molecule has 8 heteroatoms. The van der Waals surface area contributed by atoms with Crippen molar-refractivity contribution in [2.24, 2.45) is 0 Å². The van der Waals surface area contributed by atoms with Crippen molar-refractivity contribution < 1.29 is 18.3 Å². The van der Waals surface area contributed by atoms with Crippen LogP contribution in [0, 0.1) is 0 Å². The SMILES string of the molecule is CCc1nn(CC)c(CS(=O)(=O)C(C)C(=O)O)c1Cl. The third kappa shape index (κ3) is 3.27. The molecule has 0 spiro atoms. The number of nitrogens with zero attached hydrogens (tertiary/aromatic N) is 2. The molecule has 1 aromatic rings. The summed E-state index contributed by atoms with van der Waals surface area (Å²) >= 11 is 6.10. The molecule has 0 aliphatic heterocycles. The number of rotatable bonds is 6. The second-order valence-electron chi connectivity index (χ2n) is 4.16. The molecule has 0 saturated heterocycles. The van der Waals surface area contributed by atoms with E-state index in [0.717, 1.165) is 6.92 Å². The molecule has 6 nitrogen and oxygen atoms in total. The van der Waals surface area contributed by atoms with Crippen LogP contribution in [0.4, 0.5) is 0 Å². The van der Waals surface area contributed by atoms with E-state index in [4.69, 9.17) is 16.7 Å². The lowest BCUT2D eigenvalue weighted by Crippen LogP contribution is -2.28. The maximum atomic E-state index is 12.0. The monoisotopic (exact) mass is 308 g/mol. The van der Waals surface area contributed by atoms with Crippen LogP contribution in [0.1, 0.15) is 32.2 Å². The summed E-state index contributed by atoms with van der Waals surface area (Å²) in [5.74, 6) is -1.78. The van der Waals surface area contributed by atoms with Crippen molar-refractivity contribution in [2.75, 3.05) is 0 Å². The van der Waals surface area contributed by atoms with Crippen molar-refractivity contribution in [2.45, 2.75) is 44.7 Å². The van der Waals surface area contributed by atoms with Gasteiger partial charge in [0, 0.05) is 6.54 Å². The molecule has 0 radical (unpaired) electrons. The molecule has 1 unspecified atom stereocenters. The van der Waals surface area contributed by atoms with Crippen LogP contribution >= 0.6 is 11.6 Å². The van der Waals surface area contributed by atoms with Crippen LogP contribution in [0.2, 0.25) is 5.02 Å². The number of halogens is 1. The molecule has 0 amide bonds. The Morgan fingerprint density at radius 1 is 1.47 bits per heavy atom. The van der Waals surface area contributed by atoms with Gasteiger partial charge >= 0.3 is 5.97 Å². The average Bonchev–Trinajstić information content (AvgIpc) is 2.64. The number of hydrogen-bond acceptors (Lipinski definition) is 4. The van der Waals surface area contributed by atoms with E-state index in [9.17, 15) is 13.2 Å². The summed E-state index contributed by atoms with van der Waals surface area (Å²) < 4.78 is 25.5. The number of carbonyl (C=O) groups is 1. The first-order valence-corrected chi connectivity index (χ1v) is 8.02. The highest BCUT2D eigenvalue weighted by atomic mass is 35.5. The van der Waals surface area contributed by atoms with Gasteiger partial charge < -0.3 is 5.11 Å². The van der Waals surface area contributed by atoms with Crippen molar-refractivity contribution in [3.8, 4) is 0 Å². The summed E-state index contributed by atoms with van der Waals surface area (Å²) in [7, 11) is -3.81. The van der Waals surface area contributed by atoms with Crippen molar-refractivity contribution in [3.05, 3.63) is 16.4 Å². The van der Waals surface area contributed by atoms with Gasteiger partial charge in [-0.2, -0.15) is 5.10 Å². The van der Waals surface area contributed by atoms with E-state index in [1.165, 1.54) is 4.68 Å². The highest BCUT2D eigenvalue weighted by molar-refractivity contribution is 7.91. The Morgan fingerprint density at radius 2 is 2.05 bits per heavy atom. The third-order valence-corrected chi connectivity index (χ3v) is 5.31. The van der Waals surface area contributed by atoms with Crippen molar-refractivity contribution >= 4 is 27.4 Å². The fraction of sp³-hybridized carbons (Fsp3) is 0.636. The fourth-order valence-electron chi connectivity index (χ4n) is 1.62. The molecule has 19 heavy (non-hydrogen) atoms. The Bertz CT molecular complexity index is 580. The smallest absolute Gasteiger partial charge is 0.321 e. The number of aromatic nitrogens is 2. The molecule has 1 rings (SSSR count). The molecule has 0 aliphatic carbocycles. The lowest BCUT2D eigenvalue weighted by Gasteiger charge is -2.10. The Kier molecular flexibility index (Phi) is 4.98. The first kappa shape index (κ1) is 16.0. The lowest BCUT2D eigenvalue weighted by atomic mass is 10.3. The van der Waals surface area contributed by atoms with Gasteiger partial charge in [0.15, 0.2) is 15.1 Å². The number of hydrogen-bond donors (Lipinski definition) is 1. The minimum Gasteiger partial charge on any atom is -0.480 e. The van der Waals surface area contributed by atoms with Crippen LogP contribution in [0.25, 0.3) is 0 Å². The Morgan fingerprint density at radius 3 is 2.47 bits per heavy atom. The molecule has 0 aromatic carbocycles. The van der Waals surface area contributed by atoms with Gasteiger partial charge in [0.2, 0.25) is 0 Å². The number of carboxylic acid groups (broad SMARTS) is 1. The number of aliphatic carboxylic acids is 1. The molecule has 1 heterocycles. The van der Waals surface area contributed by atoms with Crippen molar-refractivity contribution in [1.29, 1.82) is 0 Å². The zero-order valence-electron chi connectivity index (χ0n) is 11.1. The summed E-state index contributed by atoms with van der Waals surface area (Å²) in [6, 6.07) is 0. The summed E-state index contributed by atoms with van der Waals surface area (Å²) in [4.78, 5) is 10.8. The second-order valence-corrected chi connectivity index (χ2v) is 6.86. The van der Waals surface area contributed by atoms with E-state index in [1.807, 2.05) is 13.8 Å². The van der Waals surface area contributed by atoms with Gasteiger partial charge in [-0.05, 0) is 20.3 Å². The zero-order valence-corrected chi connectivity index (χ0v) is 12.6. The maximum absolute atomic E-state index is 12.0. The first-order chi connectivity index (χ1) is 8.74. The Hall–Kier alpha value is -1.08. The fourth-order valence-corrected chi connectivity index (χ4v) is 3.27. The van der Waals surface area contributed by atoms with Gasteiger partial charge in [0.05, 0.1) is 22.2 Å². The molecule has 108 valence electrons. The van der Waals surface area contributed by atoms with Gasteiger partial charge in [-0.1, -0.05) is 18.5 Å². The predicted molar refractivity (Wildman–Crippen MR) is 72.0 cm³/mol. The average molecular weight is 309 g/mol. The number of carboxylic acids is 1. The van der Waals surface area contributed by atoms with Gasteiger partial charge in [0.1, 0.15) is 0 Å². The quantitative estimate of drug-likeness (QED) is 0.860. The predicted octanol–water partition coefficient (Wildman–Crippen LogP) is 1.51. The van der Waals surface area contributed by atoms with E-state index >= 15 is 0 Å². The van der Waals surface area contributed by atoms with Crippen LogP contribution in [-0.2, 0) is 33.4 Å². The minimum absolute atomic E-state index is 0.311. The Balaban J connectivity index is 3.19.